The standard InChI is InChI=1S/C12H17NO2/c1-2-15-12(14)8-11(9-13)10-6-4-3-5-7-10/h3-7,11H,2,8-9,13H2,1H3/p+1/t11-/m1/s1. The van der Waals surface area contributed by atoms with Gasteiger partial charge in [-0.1, -0.05) is 30.3 Å². The second-order valence-electron chi connectivity index (χ2n) is 3.41. The third-order valence-corrected chi connectivity index (χ3v) is 2.34. The second-order valence-corrected chi connectivity index (χ2v) is 3.41. The molecule has 1 aromatic carbocycles. The first-order chi connectivity index (χ1) is 7.27. The highest BCUT2D eigenvalue weighted by atomic mass is 16.5. The molecule has 15 heavy (non-hydrogen) atoms. The number of carbonyl (C=O) groups is 1. The smallest absolute Gasteiger partial charge is 0.306 e. The van der Waals surface area contributed by atoms with Crippen LogP contribution in [-0.4, -0.2) is 19.1 Å². The van der Waals surface area contributed by atoms with Crippen molar-refractivity contribution in [1.82, 2.24) is 0 Å². The molecule has 0 unspecified atom stereocenters. The fraction of sp³-hybridized carbons (Fsp3) is 0.417. The van der Waals surface area contributed by atoms with Crippen LogP contribution in [0.5, 0.6) is 0 Å². The average molecular weight is 208 g/mol. The number of carbonyl (C=O) groups excluding carboxylic acids is 1. The van der Waals surface area contributed by atoms with Crippen molar-refractivity contribution in [2.24, 2.45) is 0 Å². The van der Waals surface area contributed by atoms with Crippen LogP contribution in [0.4, 0.5) is 0 Å². The minimum atomic E-state index is -0.144. The number of rotatable bonds is 5. The predicted octanol–water partition coefficient (Wildman–Crippen LogP) is 0.965. The molecule has 0 aliphatic heterocycles. The minimum absolute atomic E-state index is 0.144. The highest BCUT2D eigenvalue weighted by Gasteiger charge is 2.16. The van der Waals surface area contributed by atoms with Crippen molar-refractivity contribution in [3.05, 3.63) is 35.9 Å². The van der Waals surface area contributed by atoms with E-state index in [-0.39, 0.29) is 11.9 Å². The van der Waals surface area contributed by atoms with Gasteiger partial charge in [-0.15, -0.1) is 0 Å². The lowest BCUT2D eigenvalue weighted by molar-refractivity contribution is -0.372. The van der Waals surface area contributed by atoms with Crippen LogP contribution in [0.2, 0.25) is 0 Å². The van der Waals surface area contributed by atoms with E-state index < -0.39 is 0 Å². The Hall–Kier alpha value is -1.35. The Labute approximate surface area is 90.2 Å². The molecule has 0 saturated carbocycles. The zero-order chi connectivity index (χ0) is 11.1. The first-order valence-electron chi connectivity index (χ1n) is 5.27. The lowest BCUT2D eigenvalue weighted by atomic mass is 9.96. The molecule has 0 spiro atoms. The van der Waals surface area contributed by atoms with E-state index >= 15 is 0 Å². The lowest BCUT2D eigenvalue weighted by Gasteiger charge is -2.12. The van der Waals surface area contributed by atoms with Crippen LogP contribution in [0, 0.1) is 0 Å². The summed E-state index contributed by atoms with van der Waals surface area (Å²) >= 11 is 0. The van der Waals surface area contributed by atoms with Gasteiger partial charge in [0.05, 0.1) is 19.6 Å². The van der Waals surface area contributed by atoms with Gasteiger partial charge in [0, 0.05) is 5.92 Å². The maximum Gasteiger partial charge on any atom is 0.306 e. The number of benzene rings is 1. The Kier molecular flexibility index (Phi) is 4.84. The van der Waals surface area contributed by atoms with E-state index in [0.29, 0.717) is 19.6 Å². The molecule has 0 radical (unpaired) electrons. The van der Waals surface area contributed by atoms with E-state index in [9.17, 15) is 4.79 Å². The van der Waals surface area contributed by atoms with Gasteiger partial charge >= 0.3 is 5.97 Å². The molecule has 0 heterocycles. The molecule has 0 fully saturated rings. The molecular weight excluding hydrogens is 190 g/mol. The Morgan fingerprint density at radius 2 is 2.07 bits per heavy atom. The van der Waals surface area contributed by atoms with E-state index in [1.54, 1.807) is 0 Å². The van der Waals surface area contributed by atoms with Gasteiger partial charge in [0.1, 0.15) is 0 Å². The van der Waals surface area contributed by atoms with Gasteiger partial charge in [-0.25, -0.2) is 0 Å². The highest BCUT2D eigenvalue weighted by Crippen LogP contribution is 2.17. The van der Waals surface area contributed by atoms with E-state index in [1.807, 2.05) is 37.3 Å². The maximum absolute atomic E-state index is 11.3. The molecule has 1 atom stereocenters. The van der Waals surface area contributed by atoms with Crippen LogP contribution in [0.25, 0.3) is 0 Å². The molecule has 82 valence electrons. The third-order valence-electron chi connectivity index (χ3n) is 2.34. The molecule has 3 N–H and O–H groups in total. The molecule has 1 rings (SSSR count). The van der Waals surface area contributed by atoms with Gasteiger partial charge in [-0.05, 0) is 12.5 Å². The van der Waals surface area contributed by atoms with Crippen LogP contribution < -0.4 is 5.73 Å². The summed E-state index contributed by atoms with van der Waals surface area (Å²) in [5.41, 5.74) is 5.02. The third kappa shape index (κ3) is 3.72. The van der Waals surface area contributed by atoms with E-state index in [0.717, 1.165) is 5.56 Å². The molecule has 0 bridgehead atoms. The van der Waals surface area contributed by atoms with Crippen LogP contribution in [0.3, 0.4) is 0 Å². The summed E-state index contributed by atoms with van der Waals surface area (Å²) < 4.78 is 4.93. The number of hydrogen-bond acceptors (Lipinski definition) is 2. The van der Waals surface area contributed by atoms with Crippen LogP contribution in [0.15, 0.2) is 30.3 Å². The molecule has 3 heteroatoms. The van der Waals surface area contributed by atoms with Gasteiger partial charge in [-0.3, -0.25) is 4.79 Å². The summed E-state index contributed by atoms with van der Waals surface area (Å²) in [6.07, 6.45) is 0.418. The zero-order valence-electron chi connectivity index (χ0n) is 9.11. The number of ether oxygens (including phenoxy) is 1. The van der Waals surface area contributed by atoms with Crippen molar-refractivity contribution < 1.29 is 15.3 Å². The first kappa shape index (κ1) is 11.7. The molecule has 1 aromatic rings. The van der Waals surface area contributed by atoms with E-state index in [1.165, 1.54) is 0 Å². The summed E-state index contributed by atoms with van der Waals surface area (Å²) in [5, 5.41) is 0. The highest BCUT2D eigenvalue weighted by molar-refractivity contribution is 5.70. The van der Waals surface area contributed by atoms with Crippen molar-refractivity contribution in [2.45, 2.75) is 19.3 Å². The molecule has 0 amide bonds. The van der Waals surface area contributed by atoms with Crippen LogP contribution in [0.1, 0.15) is 24.8 Å². The topological polar surface area (TPSA) is 53.9 Å². The fourth-order valence-electron chi connectivity index (χ4n) is 1.53. The second kappa shape index (κ2) is 6.19. The van der Waals surface area contributed by atoms with Crippen molar-refractivity contribution in [3.8, 4) is 0 Å². The molecule has 0 aliphatic carbocycles. The summed E-state index contributed by atoms with van der Waals surface area (Å²) in [6, 6.07) is 9.96. The van der Waals surface area contributed by atoms with Crippen molar-refractivity contribution in [3.63, 3.8) is 0 Å². The van der Waals surface area contributed by atoms with Gasteiger partial charge in [-0.2, -0.15) is 0 Å². The molecule has 0 saturated heterocycles. The van der Waals surface area contributed by atoms with Crippen molar-refractivity contribution in [1.29, 1.82) is 0 Å². The van der Waals surface area contributed by atoms with Crippen molar-refractivity contribution in [2.75, 3.05) is 13.2 Å². The van der Waals surface area contributed by atoms with Gasteiger partial charge in [0.2, 0.25) is 0 Å². The fourth-order valence-corrected chi connectivity index (χ4v) is 1.53. The van der Waals surface area contributed by atoms with Gasteiger partial charge < -0.3 is 10.5 Å². The van der Waals surface area contributed by atoms with Crippen LogP contribution >= 0.6 is 0 Å². The van der Waals surface area contributed by atoms with E-state index in [4.69, 9.17) is 4.74 Å². The molecular formula is C12H18NO2+. The number of hydrogen-bond donors (Lipinski definition) is 1. The Morgan fingerprint density at radius 1 is 1.40 bits per heavy atom. The molecule has 0 aromatic heterocycles. The predicted molar refractivity (Wildman–Crippen MR) is 58.2 cm³/mol. The minimum Gasteiger partial charge on any atom is -0.466 e. The van der Waals surface area contributed by atoms with Crippen LogP contribution in [-0.2, 0) is 9.53 Å². The summed E-state index contributed by atoms with van der Waals surface area (Å²) in [4.78, 5) is 11.3. The summed E-state index contributed by atoms with van der Waals surface area (Å²) in [6.45, 7) is 2.97. The average Bonchev–Trinajstić information content (AvgIpc) is 2.27. The lowest BCUT2D eigenvalue weighted by Crippen LogP contribution is -2.53. The van der Waals surface area contributed by atoms with Gasteiger partial charge in [0.25, 0.3) is 0 Å². The summed E-state index contributed by atoms with van der Waals surface area (Å²) in [5.74, 6) is 0.0280. The SMILES string of the molecule is CCOC(=O)C[C@H](C[NH3+])c1ccccc1. The Balaban J connectivity index is 2.61. The molecule has 0 aliphatic rings. The van der Waals surface area contributed by atoms with Gasteiger partial charge in [0.15, 0.2) is 0 Å². The van der Waals surface area contributed by atoms with Crippen molar-refractivity contribution >= 4 is 5.97 Å². The normalized spacial score (nSPS) is 12.1. The summed E-state index contributed by atoms with van der Waals surface area (Å²) in [7, 11) is 0. The number of quaternary nitrogens is 1. The Morgan fingerprint density at radius 3 is 2.60 bits per heavy atom. The largest absolute Gasteiger partial charge is 0.466 e. The van der Waals surface area contributed by atoms with E-state index in [2.05, 4.69) is 5.73 Å². The number of esters is 1. The maximum atomic E-state index is 11.3. The zero-order valence-corrected chi connectivity index (χ0v) is 9.11. The molecule has 3 nitrogen and oxygen atoms in total. The monoisotopic (exact) mass is 208 g/mol. The Bertz CT molecular complexity index is 298. The quantitative estimate of drug-likeness (QED) is 0.733. The first-order valence-corrected chi connectivity index (χ1v) is 5.27.